The second kappa shape index (κ2) is 6.61. The molecule has 1 aromatic heterocycles. The summed E-state index contributed by atoms with van der Waals surface area (Å²) in [5.41, 5.74) is 0.851. The molecule has 1 aromatic carbocycles. The Labute approximate surface area is 123 Å². The first-order chi connectivity index (χ1) is 10.1. The largest absolute Gasteiger partial charge is 0.370 e. The average molecular weight is 291 g/mol. The molecule has 0 atom stereocenters. The van der Waals surface area contributed by atoms with Gasteiger partial charge in [-0.2, -0.15) is 0 Å². The summed E-state index contributed by atoms with van der Waals surface area (Å²) in [5.74, 6) is -0.426. The molecule has 0 unspecified atom stereocenters. The monoisotopic (exact) mass is 291 g/mol. The van der Waals surface area contributed by atoms with Crippen LogP contribution in [0.3, 0.4) is 0 Å². The number of rotatable bonds is 5. The van der Waals surface area contributed by atoms with E-state index in [0.29, 0.717) is 30.3 Å². The van der Waals surface area contributed by atoms with Gasteiger partial charge in [0.25, 0.3) is 0 Å². The zero-order chi connectivity index (χ0) is 15.4. The number of anilines is 1. The highest BCUT2D eigenvalue weighted by atomic mass is 19.2. The molecule has 2 rings (SSSR count). The molecule has 21 heavy (non-hydrogen) atoms. The lowest BCUT2D eigenvalue weighted by Gasteiger charge is -2.10. The molecule has 112 valence electrons. The van der Waals surface area contributed by atoms with Gasteiger partial charge in [-0.05, 0) is 31.9 Å². The standard InChI is InChI=1S/C16H19F2N3/c1-4-6-13-20-12(9-14(21-13)19-5-2)11-8-7-10(3)15(17)16(11)18/h7-9H,4-6H2,1-3H3,(H,19,20,21). The molecule has 0 aliphatic carbocycles. The number of hydrogen-bond donors (Lipinski definition) is 1. The number of halogens is 2. The Morgan fingerprint density at radius 2 is 1.86 bits per heavy atom. The quantitative estimate of drug-likeness (QED) is 0.900. The maximum Gasteiger partial charge on any atom is 0.168 e. The van der Waals surface area contributed by atoms with E-state index in [2.05, 4.69) is 15.3 Å². The van der Waals surface area contributed by atoms with Gasteiger partial charge in [0, 0.05) is 24.6 Å². The van der Waals surface area contributed by atoms with Crippen LogP contribution in [-0.4, -0.2) is 16.5 Å². The third kappa shape index (κ3) is 3.35. The van der Waals surface area contributed by atoms with Crippen LogP contribution in [0.4, 0.5) is 14.6 Å². The minimum Gasteiger partial charge on any atom is -0.370 e. The summed E-state index contributed by atoms with van der Waals surface area (Å²) in [6.45, 7) is 6.21. The molecule has 0 saturated heterocycles. The van der Waals surface area contributed by atoms with E-state index in [9.17, 15) is 8.78 Å². The van der Waals surface area contributed by atoms with Crippen molar-refractivity contribution in [2.45, 2.75) is 33.6 Å². The van der Waals surface area contributed by atoms with Crippen LogP contribution in [0.25, 0.3) is 11.3 Å². The van der Waals surface area contributed by atoms with Gasteiger partial charge in [-0.25, -0.2) is 18.7 Å². The van der Waals surface area contributed by atoms with E-state index < -0.39 is 11.6 Å². The zero-order valence-corrected chi connectivity index (χ0v) is 12.5. The van der Waals surface area contributed by atoms with Gasteiger partial charge in [0.2, 0.25) is 0 Å². The van der Waals surface area contributed by atoms with Crippen molar-refractivity contribution in [2.24, 2.45) is 0 Å². The number of nitrogens with one attached hydrogen (secondary N) is 1. The Morgan fingerprint density at radius 1 is 1.10 bits per heavy atom. The average Bonchev–Trinajstić information content (AvgIpc) is 2.45. The lowest BCUT2D eigenvalue weighted by atomic mass is 10.1. The highest BCUT2D eigenvalue weighted by Crippen LogP contribution is 2.26. The fourth-order valence-corrected chi connectivity index (χ4v) is 2.09. The highest BCUT2D eigenvalue weighted by Gasteiger charge is 2.15. The van der Waals surface area contributed by atoms with Crippen LogP contribution in [0.1, 0.15) is 31.7 Å². The predicted molar refractivity (Wildman–Crippen MR) is 80.3 cm³/mol. The molecule has 5 heteroatoms. The molecule has 0 radical (unpaired) electrons. The third-order valence-corrected chi connectivity index (χ3v) is 3.16. The Bertz CT molecular complexity index is 617. The second-order valence-corrected chi connectivity index (χ2v) is 4.89. The fraction of sp³-hybridized carbons (Fsp3) is 0.375. The highest BCUT2D eigenvalue weighted by molar-refractivity contribution is 5.64. The summed E-state index contributed by atoms with van der Waals surface area (Å²) in [4.78, 5) is 8.72. The van der Waals surface area contributed by atoms with Gasteiger partial charge < -0.3 is 5.32 Å². The van der Waals surface area contributed by atoms with Gasteiger partial charge in [0.15, 0.2) is 11.6 Å². The predicted octanol–water partition coefficient (Wildman–Crippen LogP) is 4.11. The molecule has 3 nitrogen and oxygen atoms in total. The van der Waals surface area contributed by atoms with Crippen molar-refractivity contribution in [2.75, 3.05) is 11.9 Å². The molecule has 0 bridgehead atoms. The number of benzene rings is 1. The van der Waals surface area contributed by atoms with Crippen molar-refractivity contribution in [3.8, 4) is 11.3 Å². The first-order valence-corrected chi connectivity index (χ1v) is 7.13. The number of aryl methyl sites for hydroxylation is 2. The maximum absolute atomic E-state index is 14.1. The minimum absolute atomic E-state index is 0.164. The van der Waals surface area contributed by atoms with Gasteiger partial charge >= 0.3 is 0 Å². The van der Waals surface area contributed by atoms with Gasteiger partial charge in [-0.1, -0.05) is 13.0 Å². The summed E-state index contributed by atoms with van der Waals surface area (Å²) in [6, 6.07) is 4.76. The van der Waals surface area contributed by atoms with E-state index in [-0.39, 0.29) is 11.1 Å². The van der Waals surface area contributed by atoms with Crippen LogP contribution in [0.2, 0.25) is 0 Å². The van der Waals surface area contributed by atoms with Crippen molar-refractivity contribution in [3.05, 3.63) is 41.2 Å². The van der Waals surface area contributed by atoms with Crippen molar-refractivity contribution in [1.82, 2.24) is 9.97 Å². The molecule has 0 aliphatic rings. The van der Waals surface area contributed by atoms with Gasteiger partial charge in [0.1, 0.15) is 11.6 Å². The van der Waals surface area contributed by atoms with Crippen molar-refractivity contribution >= 4 is 5.82 Å². The second-order valence-electron chi connectivity index (χ2n) is 4.89. The zero-order valence-electron chi connectivity index (χ0n) is 12.5. The molecule has 2 aromatic rings. The van der Waals surface area contributed by atoms with E-state index in [1.54, 1.807) is 18.2 Å². The van der Waals surface area contributed by atoms with Crippen LogP contribution in [0.5, 0.6) is 0 Å². The fourth-order valence-electron chi connectivity index (χ4n) is 2.09. The number of aromatic nitrogens is 2. The van der Waals surface area contributed by atoms with Crippen LogP contribution in [0.15, 0.2) is 18.2 Å². The van der Waals surface area contributed by atoms with Crippen LogP contribution >= 0.6 is 0 Å². The molecule has 0 fully saturated rings. The maximum atomic E-state index is 14.1. The van der Waals surface area contributed by atoms with E-state index in [1.165, 1.54) is 6.92 Å². The van der Waals surface area contributed by atoms with Gasteiger partial charge in [0.05, 0.1) is 5.69 Å². The topological polar surface area (TPSA) is 37.8 Å². The Morgan fingerprint density at radius 3 is 2.52 bits per heavy atom. The Balaban J connectivity index is 2.54. The van der Waals surface area contributed by atoms with E-state index in [4.69, 9.17) is 0 Å². The SMILES string of the molecule is CCCc1nc(NCC)cc(-c2ccc(C)c(F)c2F)n1. The summed E-state index contributed by atoms with van der Waals surface area (Å²) >= 11 is 0. The smallest absolute Gasteiger partial charge is 0.168 e. The van der Waals surface area contributed by atoms with Crippen molar-refractivity contribution in [1.29, 1.82) is 0 Å². The Hall–Kier alpha value is -2.04. The first-order valence-electron chi connectivity index (χ1n) is 7.13. The lowest BCUT2D eigenvalue weighted by Crippen LogP contribution is -2.05. The lowest BCUT2D eigenvalue weighted by molar-refractivity contribution is 0.505. The molecular formula is C16H19F2N3. The molecule has 1 N–H and O–H groups in total. The van der Waals surface area contributed by atoms with Gasteiger partial charge in [-0.3, -0.25) is 0 Å². The Kier molecular flexibility index (Phi) is 4.83. The van der Waals surface area contributed by atoms with Gasteiger partial charge in [-0.15, -0.1) is 0 Å². The normalized spacial score (nSPS) is 10.7. The molecular weight excluding hydrogens is 272 g/mol. The molecule has 0 saturated carbocycles. The van der Waals surface area contributed by atoms with Crippen molar-refractivity contribution in [3.63, 3.8) is 0 Å². The molecule has 1 heterocycles. The number of nitrogens with zero attached hydrogens (tertiary/aromatic N) is 2. The van der Waals surface area contributed by atoms with Crippen LogP contribution in [-0.2, 0) is 6.42 Å². The molecule has 0 aliphatic heterocycles. The third-order valence-electron chi connectivity index (χ3n) is 3.16. The van der Waals surface area contributed by atoms with E-state index in [1.807, 2.05) is 13.8 Å². The summed E-state index contributed by atoms with van der Waals surface area (Å²) in [5, 5.41) is 3.09. The van der Waals surface area contributed by atoms with E-state index in [0.717, 1.165) is 6.42 Å². The first kappa shape index (κ1) is 15.4. The van der Waals surface area contributed by atoms with Crippen LogP contribution < -0.4 is 5.32 Å². The molecule has 0 amide bonds. The number of hydrogen-bond acceptors (Lipinski definition) is 3. The summed E-state index contributed by atoms with van der Waals surface area (Å²) < 4.78 is 27.9. The van der Waals surface area contributed by atoms with Crippen LogP contribution in [0, 0.1) is 18.6 Å². The minimum atomic E-state index is -0.862. The molecule has 0 spiro atoms. The van der Waals surface area contributed by atoms with E-state index >= 15 is 0 Å². The van der Waals surface area contributed by atoms with Crippen molar-refractivity contribution < 1.29 is 8.78 Å². The summed E-state index contributed by atoms with van der Waals surface area (Å²) in [7, 11) is 0. The summed E-state index contributed by atoms with van der Waals surface area (Å²) in [6.07, 6.45) is 1.59.